The van der Waals surface area contributed by atoms with Crippen molar-refractivity contribution in [2.24, 2.45) is 0 Å². The van der Waals surface area contributed by atoms with E-state index in [0.717, 1.165) is 17.2 Å². The van der Waals surface area contributed by atoms with Crippen LogP contribution in [0.25, 0.3) is 0 Å². The summed E-state index contributed by atoms with van der Waals surface area (Å²) in [5, 5.41) is 11.7. The Bertz CT molecular complexity index is 638. The number of hydrogen-bond acceptors (Lipinski definition) is 2. The normalized spacial score (nSPS) is 10.3. The second-order valence-corrected chi connectivity index (χ2v) is 4.44. The highest BCUT2D eigenvalue weighted by Crippen LogP contribution is 2.20. The highest BCUT2D eigenvalue weighted by Gasteiger charge is 2.10. The first-order chi connectivity index (χ1) is 8.97. The molecule has 0 saturated heterocycles. The monoisotopic (exact) mass is 259 g/mol. The van der Waals surface area contributed by atoms with Gasteiger partial charge in [0.15, 0.2) is 11.6 Å². The maximum atomic E-state index is 13.2. The fraction of sp³-hybridized carbons (Fsp3) is 0.133. The third-order valence-corrected chi connectivity index (χ3v) is 2.84. The molecule has 0 unspecified atom stereocenters. The van der Waals surface area contributed by atoms with Gasteiger partial charge in [0, 0.05) is 17.3 Å². The van der Waals surface area contributed by atoms with Crippen molar-refractivity contribution < 1.29 is 14.3 Å². The Morgan fingerprint density at radius 1 is 1.16 bits per heavy atom. The van der Waals surface area contributed by atoms with Crippen LogP contribution in [0.3, 0.4) is 0 Å². The van der Waals surface area contributed by atoms with Gasteiger partial charge in [-0.15, -0.1) is 0 Å². The van der Waals surface area contributed by atoms with Crippen molar-refractivity contribution >= 4 is 11.6 Å². The van der Waals surface area contributed by atoms with Crippen LogP contribution in [0.5, 0.6) is 5.75 Å². The molecule has 98 valence electrons. The summed E-state index contributed by atoms with van der Waals surface area (Å²) in [6.45, 7) is 3.74. The van der Waals surface area contributed by atoms with Crippen molar-refractivity contribution in [2.75, 3.05) is 5.32 Å². The minimum Gasteiger partial charge on any atom is -0.505 e. The van der Waals surface area contributed by atoms with Gasteiger partial charge in [-0.05, 0) is 37.6 Å². The van der Waals surface area contributed by atoms with Gasteiger partial charge in [-0.25, -0.2) is 4.39 Å². The molecule has 0 aromatic heterocycles. The first-order valence-corrected chi connectivity index (χ1v) is 5.84. The number of halogens is 1. The molecule has 0 spiro atoms. The van der Waals surface area contributed by atoms with Gasteiger partial charge in [0.1, 0.15) is 0 Å². The second kappa shape index (κ2) is 5.10. The lowest BCUT2D eigenvalue weighted by atomic mass is 10.1. The second-order valence-electron chi connectivity index (χ2n) is 4.44. The van der Waals surface area contributed by atoms with Crippen molar-refractivity contribution in [3.8, 4) is 5.75 Å². The Morgan fingerprint density at radius 3 is 2.58 bits per heavy atom. The number of nitrogens with one attached hydrogen (secondary N) is 1. The van der Waals surface area contributed by atoms with Gasteiger partial charge < -0.3 is 10.4 Å². The van der Waals surface area contributed by atoms with Crippen molar-refractivity contribution in [3.63, 3.8) is 0 Å². The molecule has 0 radical (unpaired) electrons. The fourth-order valence-electron chi connectivity index (χ4n) is 1.76. The summed E-state index contributed by atoms with van der Waals surface area (Å²) in [5.41, 5.74) is 2.68. The molecule has 1 amide bonds. The summed E-state index contributed by atoms with van der Waals surface area (Å²) in [7, 11) is 0. The van der Waals surface area contributed by atoms with Gasteiger partial charge in [-0.3, -0.25) is 4.79 Å². The minimum atomic E-state index is -0.765. The number of amides is 1. The van der Waals surface area contributed by atoms with E-state index in [9.17, 15) is 9.18 Å². The van der Waals surface area contributed by atoms with Crippen LogP contribution in [0.2, 0.25) is 0 Å². The number of hydrogen-bond donors (Lipinski definition) is 2. The summed E-state index contributed by atoms with van der Waals surface area (Å²) in [4.78, 5) is 12.1. The smallest absolute Gasteiger partial charge is 0.255 e. The van der Waals surface area contributed by atoms with E-state index in [0.29, 0.717) is 11.3 Å². The van der Waals surface area contributed by atoms with Gasteiger partial charge in [0.25, 0.3) is 5.91 Å². The van der Waals surface area contributed by atoms with Gasteiger partial charge in [-0.1, -0.05) is 17.7 Å². The Hall–Kier alpha value is -2.36. The van der Waals surface area contributed by atoms with Crippen LogP contribution in [-0.4, -0.2) is 11.0 Å². The van der Waals surface area contributed by atoms with Crippen molar-refractivity contribution in [1.29, 1.82) is 0 Å². The zero-order chi connectivity index (χ0) is 14.0. The quantitative estimate of drug-likeness (QED) is 0.812. The van der Waals surface area contributed by atoms with E-state index in [-0.39, 0.29) is 5.91 Å². The number of aryl methyl sites for hydroxylation is 2. The molecule has 0 atom stereocenters. The van der Waals surface area contributed by atoms with E-state index in [1.165, 1.54) is 12.1 Å². The number of aromatic hydroxyl groups is 1. The summed E-state index contributed by atoms with van der Waals surface area (Å²) in [6, 6.07) is 9.29. The number of carbonyl (C=O) groups excluding carboxylic acids is 1. The number of anilines is 1. The van der Waals surface area contributed by atoms with Crippen LogP contribution < -0.4 is 5.32 Å². The van der Waals surface area contributed by atoms with Gasteiger partial charge in [0.2, 0.25) is 0 Å². The summed E-state index contributed by atoms with van der Waals surface area (Å²) >= 11 is 0. The Balaban J connectivity index is 2.25. The molecule has 0 aliphatic rings. The molecule has 0 bridgehead atoms. The maximum Gasteiger partial charge on any atom is 0.255 e. The van der Waals surface area contributed by atoms with E-state index in [4.69, 9.17) is 5.11 Å². The number of carbonyl (C=O) groups is 1. The van der Waals surface area contributed by atoms with E-state index in [1.807, 2.05) is 26.0 Å². The fourth-order valence-corrected chi connectivity index (χ4v) is 1.76. The molecule has 19 heavy (non-hydrogen) atoms. The van der Waals surface area contributed by atoms with Crippen LogP contribution in [0.4, 0.5) is 10.1 Å². The van der Waals surface area contributed by atoms with Gasteiger partial charge in [0.05, 0.1) is 0 Å². The first-order valence-electron chi connectivity index (χ1n) is 5.84. The molecule has 2 aromatic rings. The highest BCUT2D eigenvalue weighted by molar-refractivity contribution is 6.05. The van der Waals surface area contributed by atoms with E-state index in [2.05, 4.69) is 5.32 Å². The largest absolute Gasteiger partial charge is 0.505 e. The molecule has 2 N–H and O–H groups in total. The third kappa shape index (κ3) is 2.91. The van der Waals surface area contributed by atoms with Gasteiger partial charge >= 0.3 is 0 Å². The van der Waals surface area contributed by atoms with Crippen molar-refractivity contribution in [1.82, 2.24) is 0 Å². The summed E-state index contributed by atoms with van der Waals surface area (Å²) in [6.07, 6.45) is 0. The molecule has 0 heterocycles. The first kappa shape index (κ1) is 13.1. The topological polar surface area (TPSA) is 49.3 Å². The summed E-state index contributed by atoms with van der Waals surface area (Å²) in [5.74, 6) is -1.50. The maximum absolute atomic E-state index is 13.2. The molecule has 0 aliphatic heterocycles. The van der Waals surface area contributed by atoms with Crippen LogP contribution in [-0.2, 0) is 0 Å². The lowest BCUT2D eigenvalue weighted by molar-refractivity contribution is 0.102. The van der Waals surface area contributed by atoms with Crippen LogP contribution in [0.15, 0.2) is 36.4 Å². The number of phenols is 1. The zero-order valence-corrected chi connectivity index (χ0v) is 10.7. The predicted molar refractivity (Wildman–Crippen MR) is 71.9 cm³/mol. The minimum absolute atomic E-state index is 0.300. The molecular formula is C15H14FNO2. The number of phenolic OH excluding ortho intramolecular Hbond substituents is 1. The number of benzene rings is 2. The molecule has 0 fully saturated rings. The van der Waals surface area contributed by atoms with Gasteiger partial charge in [-0.2, -0.15) is 0 Å². The predicted octanol–water partition coefficient (Wildman–Crippen LogP) is 3.40. The van der Waals surface area contributed by atoms with E-state index in [1.54, 1.807) is 6.07 Å². The van der Waals surface area contributed by atoms with Crippen LogP contribution >= 0.6 is 0 Å². The SMILES string of the molecule is Cc1ccc(C)c(C(=O)Nc2ccc(O)c(F)c2)c1. The molecule has 0 aliphatic carbocycles. The van der Waals surface area contributed by atoms with E-state index >= 15 is 0 Å². The standard InChI is InChI=1S/C15H14FNO2/c1-9-3-4-10(2)12(7-9)15(19)17-11-5-6-14(18)13(16)8-11/h3-8,18H,1-2H3,(H,17,19). The third-order valence-electron chi connectivity index (χ3n) is 2.84. The molecular weight excluding hydrogens is 245 g/mol. The molecule has 2 rings (SSSR count). The average Bonchev–Trinajstić information content (AvgIpc) is 2.36. The average molecular weight is 259 g/mol. The molecule has 2 aromatic carbocycles. The molecule has 4 heteroatoms. The van der Waals surface area contributed by atoms with Crippen molar-refractivity contribution in [3.05, 3.63) is 58.9 Å². The Morgan fingerprint density at radius 2 is 1.89 bits per heavy atom. The zero-order valence-electron chi connectivity index (χ0n) is 10.7. The van der Waals surface area contributed by atoms with Crippen LogP contribution in [0.1, 0.15) is 21.5 Å². The summed E-state index contributed by atoms with van der Waals surface area (Å²) < 4.78 is 13.2. The molecule has 3 nitrogen and oxygen atoms in total. The lowest BCUT2D eigenvalue weighted by Gasteiger charge is -2.09. The van der Waals surface area contributed by atoms with Crippen molar-refractivity contribution in [2.45, 2.75) is 13.8 Å². The Labute approximate surface area is 110 Å². The van der Waals surface area contributed by atoms with E-state index < -0.39 is 11.6 Å². The molecule has 0 saturated carbocycles. The Kier molecular flexibility index (Phi) is 3.51. The number of rotatable bonds is 2. The van der Waals surface area contributed by atoms with Crippen LogP contribution in [0, 0.1) is 19.7 Å². The highest BCUT2D eigenvalue weighted by atomic mass is 19.1. The lowest BCUT2D eigenvalue weighted by Crippen LogP contribution is -2.13.